The molecule has 1 heterocycles. The third kappa shape index (κ3) is 4.64. The molecule has 0 radical (unpaired) electrons. The lowest BCUT2D eigenvalue weighted by Gasteiger charge is -2.16. The highest BCUT2D eigenvalue weighted by molar-refractivity contribution is 9.10. The van der Waals surface area contributed by atoms with Crippen LogP contribution in [0.15, 0.2) is 29.0 Å². The van der Waals surface area contributed by atoms with Crippen LogP contribution in [0.3, 0.4) is 0 Å². The molecule has 0 N–H and O–H groups in total. The number of halogens is 2. The fraction of sp³-hybridized carbons (Fsp3) is 0.400. The number of hydrogen-bond donors (Lipinski definition) is 0. The molecule has 0 atom stereocenters. The van der Waals surface area contributed by atoms with Crippen LogP contribution in [-0.2, 0) is 11.3 Å². The molecule has 0 saturated heterocycles. The Hall–Kier alpha value is -1.20. The minimum atomic E-state index is -0.0366. The predicted octanol–water partition coefficient (Wildman–Crippen LogP) is 4.37. The third-order valence-electron chi connectivity index (χ3n) is 2.78. The van der Waals surface area contributed by atoms with E-state index >= 15 is 0 Å². The van der Waals surface area contributed by atoms with Crippen LogP contribution in [0.5, 0.6) is 0 Å². The van der Waals surface area contributed by atoms with Crippen LogP contribution in [0.1, 0.15) is 27.2 Å². The second-order valence-electron chi connectivity index (χ2n) is 6.15. The van der Waals surface area contributed by atoms with Gasteiger partial charge in [-0.25, -0.2) is 9.67 Å². The molecule has 4 nitrogen and oxygen atoms in total. The zero-order chi connectivity index (χ0) is 15.6. The normalized spacial score (nSPS) is 11.7. The van der Waals surface area contributed by atoms with Gasteiger partial charge in [-0.1, -0.05) is 44.5 Å². The highest BCUT2D eigenvalue weighted by Gasteiger charge is 2.19. The van der Waals surface area contributed by atoms with E-state index in [1.807, 2.05) is 39.0 Å². The molecule has 2 rings (SSSR count). The Bertz CT molecular complexity index is 661. The topological polar surface area (TPSA) is 47.8 Å². The Morgan fingerprint density at radius 2 is 2.10 bits per heavy atom. The molecular weight excluding hydrogens is 354 g/mol. The first-order valence-electron chi connectivity index (χ1n) is 6.62. The maximum atomic E-state index is 12.2. The number of aromatic nitrogens is 3. The van der Waals surface area contributed by atoms with Gasteiger partial charge in [0, 0.05) is 17.0 Å². The highest BCUT2D eigenvalue weighted by atomic mass is 79.9. The van der Waals surface area contributed by atoms with Crippen molar-refractivity contribution in [1.82, 2.24) is 14.8 Å². The molecule has 0 saturated carbocycles. The minimum Gasteiger partial charge on any atom is -0.298 e. The van der Waals surface area contributed by atoms with Gasteiger partial charge in [0.25, 0.3) is 0 Å². The van der Waals surface area contributed by atoms with Crippen molar-refractivity contribution in [3.8, 4) is 11.4 Å². The molecule has 0 fully saturated rings. The maximum absolute atomic E-state index is 12.2. The Balaban J connectivity index is 2.27. The molecule has 1 aromatic carbocycles. The van der Waals surface area contributed by atoms with Gasteiger partial charge in [-0.15, -0.1) is 5.10 Å². The van der Waals surface area contributed by atoms with Gasteiger partial charge in [0.05, 0.1) is 0 Å². The summed E-state index contributed by atoms with van der Waals surface area (Å²) in [5, 5.41) is 4.87. The van der Waals surface area contributed by atoms with E-state index in [0.717, 1.165) is 5.56 Å². The van der Waals surface area contributed by atoms with E-state index in [4.69, 9.17) is 11.6 Å². The molecule has 0 aliphatic rings. The van der Waals surface area contributed by atoms with Crippen molar-refractivity contribution in [2.75, 3.05) is 0 Å². The van der Waals surface area contributed by atoms with E-state index in [1.54, 1.807) is 10.7 Å². The summed E-state index contributed by atoms with van der Waals surface area (Å²) in [4.78, 5) is 16.5. The van der Waals surface area contributed by atoms with Gasteiger partial charge in [0.15, 0.2) is 11.6 Å². The minimum absolute atomic E-state index is 0.0366. The van der Waals surface area contributed by atoms with E-state index in [9.17, 15) is 4.79 Å². The maximum Gasteiger partial charge on any atom is 0.217 e. The largest absolute Gasteiger partial charge is 0.298 e. The summed E-state index contributed by atoms with van der Waals surface area (Å²) in [7, 11) is 0. The number of hydrogen-bond acceptors (Lipinski definition) is 3. The summed E-state index contributed by atoms with van der Waals surface area (Å²) < 4.78 is 2.07. The van der Waals surface area contributed by atoms with Crippen molar-refractivity contribution in [2.24, 2.45) is 5.41 Å². The second-order valence-corrected chi connectivity index (χ2v) is 7.29. The molecule has 21 heavy (non-hydrogen) atoms. The lowest BCUT2D eigenvalue weighted by molar-refractivity contribution is -0.121. The zero-order valence-electron chi connectivity index (χ0n) is 12.2. The number of benzene rings is 1. The van der Waals surface area contributed by atoms with Crippen molar-refractivity contribution in [1.29, 1.82) is 0 Å². The SMILES string of the molecule is CC(C)(C)CC(=O)Cn1nc(Br)nc1-c1cccc(Cl)c1. The first-order chi connectivity index (χ1) is 9.74. The summed E-state index contributed by atoms with van der Waals surface area (Å²) in [6, 6.07) is 7.35. The smallest absolute Gasteiger partial charge is 0.217 e. The number of Topliss-reactive ketones (excluding diaryl/α,β-unsaturated/α-hetero) is 1. The van der Waals surface area contributed by atoms with Crippen LogP contribution >= 0.6 is 27.5 Å². The van der Waals surface area contributed by atoms with Gasteiger partial charge in [0.2, 0.25) is 4.73 Å². The number of rotatable bonds is 4. The fourth-order valence-corrected chi connectivity index (χ4v) is 2.63. The van der Waals surface area contributed by atoms with Crippen molar-refractivity contribution in [3.05, 3.63) is 34.0 Å². The van der Waals surface area contributed by atoms with Gasteiger partial charge < -0.3 is 0 Å². The summed E-state index contributed by atoms with van der Waals surface area (Å²) >= 11 is 9.27. The average Bonchev–Trinajstić information content (AvgIpc) is 2.67. The van der Waals surface area contributed by atoms with Crippen LogP contribution in [0.25, 0.3) is 11.4 Å². The van der Waals surface area contributed by atoms with Crippen molar-refractivity contribution in [2.45, 2.75) is 33.7 Å². The number of ketones is 1. The number of nitrogens with zero attached hydrogens (tertiary/aromatic N) is 3. The molecule has 112 valence electrons. The molecule has 1 aromatic heterocycles. The molecule has 0 amide bonds. The molecule has 0 aliphatic carbocycles. The monoisotopic (exact) mass is 369 g/mol. The Morgan fingerprint density at radius 3 is 2.71 bits per heavy atom. The van der Waals surface area contributed by atoms with Gasteiger partial charge in [-0.3, -0.25) is 4.79 Å². The number of carbonyl (C=O) groups excluding carboxylic acids is 1. The van der Waals surface area contributed by atoms with Gasteiger partial charge >= 0.3 is 0 Å². The summed E-state index contributed by atoms with van der Waals surface area (Å²) in [6.07, 6.45) is 0.499. The Morgan fingerprint density at radius 1 is 1.38 bits per heavy atom. The standard InChI is InChI=1S/C15H17BrClN3O/c1-15(2,3)8-12(21)9-20-13(18-14(16)19-20)10-5-4-6-11(17)7-10/h4-7H,8-9H2,1-3H3. The summed E-state index contributed by atoms with van der Waals surface area (Å²) in [5.41, 5.74) is 0.801. The molecular formula is C15H17BrClN3O. The summed E-state index contributed by atoms with van der Waals surface area (Å²) in [6.45, 7) is 6.33. The van der Waals surface area contributed by atoms with E-state index in [-0.39, 0.29) is 17.7 Å². The quantitative estimate of drug-likeness (QED) is 0.803. The molecule has 0 aliphatic heterocycles. The second kappa shape index (κ2) is 6.28. The fourth-order valence-electron chi connectivity index (χ4n) is 2.08. The van der Waals surface area contributed by atoms with Crippen LogP contribution in [-0.4, -0.2) is 20.5 Å². The van der Waals surface area contributed by atoms with E-state index in [2.05, 4.69) is 26.0 Å². The molecule has 0 bridgehead atoms. The zero-order valence-corrected chi connectivity index (χ0v) is 14.6. The Kier molecular flexibility index (Phi) is 4.84. The van der Waals surface area contributed by atoms with Crippen molar-refractivity contribution >= 4 is 33.3 Å². The van der Waals surface area contributed by atoms with Crippen molar-refractivity contribution in [3.63, 3.8) is 0 Å². The van der Waals surface area contributed by atoms with E-state index in [1.165, 1.54) is 0 Å². The van der Waals surface area contributed by atoms with Crippen LogP contribution in [0.4, 0.5) is 0 Å². The average molecular weight is 371 g/mol. The predicted molar refractivity (Wildman–Crippen MR) is 87.2 cm³/mol. The molecule has 0 spiro atoms. The van der Waals surface area contributed by atoms with Gasteiger partial charge in [0.1, 0.15) is 6.54 Å². The highest BCUT2D eigenvalue weighted by Crippen LogP contribution is 2.24. The lowest BCUT2D eigenvalue weighted by Crippen LogP contribution is -2.19. The van der Waals surface area contributed by atoms with Crippen LogP contribution in [0.2, 0.25) is 5.02 Å². The lowest BCUT2D eigenvalue weighted by atomic mass is 9.90. The van der Waals surface area contributed by atoms with E-state index < -0.39 is 0 Å². The molecule has 0 unspecified atom stereocenters. The van der Waals surface area contributed by atoms with Crippen LogP contribution < -0.4 is 0 Å². The van der Waals surface area contributed by atoms with Gasteiger partial charge in [-0.2, -0.15) is 0 Å². The van der Waals surface area contributed by atoms with E-state index in [0.29, 0.717) is 22.0 Å². The van der Waals surface area contributed by atoms with Crippen molar-refractivity contribution < 1.29 is 4.79 Å². The van der Waals surface area contributed by atoms with Crippen LogP contribution in [0, 0.1) is 5.41 Å². The third-order valence-corrected chi connectivity index (χ3v) is 3.35. The Labute approximate surface area is 137 Å². The molecule has 2 aromatic rings. The number of carbonyl (C=O) groups is 1. The molecule has 6 heteroatoms. The first kappa shape index (κ1) is 16.2. The van der Waals surface area contributed by atoms with Gasteiger partial charge in [-0.05, 0) is 33.5 Å². The first-order valence-corrected chi connectivity index (χ1v) is 7.80. The summed E-state index contributed by atoms with van der Waals surface area (Å²) in [5.74, 6) is 0.759.